The fourth-order valence-corrected chi connectivity index (χ4v) is 6.80. The van der Waals surface area contributed by atoms with E-state index in [2.05, 4.69) is 4.57 Å². The van der Waals surface area contributed by atoms with Gasteiger partial charge in [0.15, 0.2) is 5.16 Å². The number of rotatable bonds is 9. The molecule has 0 amide bonds. The van der Waals surface area contributed by atoms with Crippen LogP contribution in [-0.2, 0) is 15.8 Å². The quantitative estimate of drug-likeness (QED) is 0.303. The molecule has 0 saturated heterocycles. The summed E-state index contributed by atoms with van der Waals surface area (Å²) in [5.74, 6) is -0.00781. The van der Waals surface area contributed by atoms with Crippen LogP contribution in [0.15, 0.2) is 46.5 Å². The molecule has 33 heavy (non-hydrogen) atoms. The van der Waals surface area contributed by atoms with E-state index in [1.165, 1.54) is 16.1 Å². The summed E-state index contributed by atoms with van der Waals surface area (Å²) >= 11 is 7.41. The predicted octanol–water partition coefficient (Wildman–Crippen LogP) is 6.66. The van der Waals surface area contributed by atoms with E-state index in [0.29, 0.717) is 29.4 Å². The third-order valence-corrected chi connectivity index (χ3v) is 9.39. The molecule has 1 fully saturated rings. The third-order valence-electron chi connectivity index (χ3n) is 6.24. The van der Waals surface area contributed by atoms with E-state index in [1.54, 1.807) is 37.4 Å². The number of fused-ring (bicyclic) bond motifs is 1. The highest BCUT2D eigenvalue weighted by Gasteiger charge is 2.26. The number of hydrogen-bond acceptors (Lipinski definition) is 4. The van der Waals surface area contributed by atoms with Gasteiger partial charge >= 0.3 is 0 Å². The average Bonchev–Trinajstić information content (AvgIpc) is 3.45. The first-order valence-electron chi connectivity index (χ1n) is 11.4. The molecule has 9 heteroatoms. The first kappa shape index (κ1) is 24.5. The van der Waals surface area contributed by atoms with Crippen molar-refractivity contribution >= 4 is 44.4 Å². The Kier molecular flexibility index (Phi) is 7.68. The maximum atomic E-state index is 14.4. The zero-order valence-electron chi connectivity index (χ0n) is 18.9. The summed E-state index contributed by atoms with van der Waals surface area (Å²) in [6.45, 7) is 2.52. The number of aromatic nitrogens is 2. The second kappa shape index (κ2) is 10.3. The number of benzene rings is 2. The van der Waals surface area contributed by atoms with Crippen molar-refractivity contribution in [2.24, 2.45) is 0 Å². The molecule has 1 heterocycles. The molecule has 1 aromatic heterocycles. The molecule has 1 aliphatic rings. The van der Waals surface area contributed by atoms with Gasteiger partial charge in [-0.2, -0.15) is 0 Å². The van der Waals surface area contributed by atoms with Crippen LogP contribution >= 0.6 is 23.4 Å². The molecule has 0 bridgehead atoms. The molecule has 0 N–H and O–H groups in total. The summed E-state index contributed by atoms with van der Waals surface area (Å²) in [7, 11) is -1.96. The SMILES string of the molecule is CCCCN(C)S(=O)(=O)c1ccc2c(c1)nc(SCc1cccc(Cl)c1F)n2C1CCCC1. The summed E-state index contributed by atoms with van der Waals surface area (Å²) in [6, 6.07) is 10.5. The van der Waals surface area contributed by atoms with Crippen LogP contribution in [0.25, 0.3) is 11.0 Å². The molecule has 2 aromatic carbocycles. The van der Waals surface area contributed by atoms with Crippen LogP contribution in [0.5, 0.6) is 0 Å². The largest absolute Gasteiger partial charge is 0.316 e. The first-order chi connectivity index (χ1) is 15.8. The van der Waals surface area contributed by atoms with Gasteiger partial charge in [-0.05, 0) is 49.1 Å². The van der Waals surface area contributed by atoms with Crippen molar-refractivity contribution in [1.82, 2.24) is 13.9 Å². The highest BCUT2D eigenvalue weighted by atomic mass is 35.5. The summed E-state index contributed by atoms with van der Waals surface area (Å²) in [5, 5.41) is 0.893. The second-order valence-corrected chi connectivity index (χ2v) is 11.9. The molecule has 0 spiro atoms. The number of hydrogen-bond donors (Lipinski definition) is 0. The van der Waals surface area contributed by atoms with Crippen LogP contribution in [-0.4, -0.2) is 35.9 Å². The van der Waals surface area contributed by atoms with Gasteiger partial charge in [0.05, 0.1) is 21.0 Å². The Morgan fingerprint density at radius 1 is 1.24 bits per heavy atom. The van der Waals surface area contributed by atoms with Crippen LogP contribution in [0.3, 0.4) is 0 Å². The molecule has 5 nitrogen and oxygen atoms in total. The highest BCUT2D eigenvalue weighted by Crippen LogP contribution is 2.38. The predicted molar refractivity (Wildman–Crippen MR) is 133 cm³/mol. The van der Waals surface area contributed by atoms with Gasteiger partial charge in [0.2, 0.25) is 10.0 Å². The number of nitrogens with zero attached hydrogens (tertiary/aromatic N) is 3. The van der Waals surface area contributed by atoms with Gasteiger partial charge in [-0.3, -0.25) is 0 Å². The lowest BCUT2D eigenvalue weighted by molar-refractivity contribution is 0.459. The first-order valence-corrected chi connectivity index (χ1v) is 14.2. The number of unbranched alkanes of at least 4 members (excludes halogenated alkanes) is 1. The standard InChI is InChI=1S/C24H29ClFN3O2S2/c1-3-4-14-28(2)33(30,31)19-12-13-22-21(15-19)27-24(29(22)18-9-5-6-10-18)32-16-17-8-7-11-20(25)23(17)26/h7-8,11-13,15,18H,3-6,9-10,14,16H2,1-2H3. The van der Waals surface area contributed by atoms with Gasteiger partial charge in [-0.1, -0.05) is 61.7 Å². The maximum Gasteiger partial charge on any atom is 0.242 e. The second-order valence-electron chi connectivity index (χ2n) is 8.53. The molecule has 3 aromatic rings. The van der Waals surface area contributed by atoms with E-state index in [0.717, 1.165) is 49.2 Å². The van der Waals surface area contributed by atoms with Crippen LogP contribution in [0.1, 0.15) is 57.1 Å². The Hall–Kier alpha value is -1.61. The lowest BCUT2D eigenvalue weighted by atomic mass is 10.2. The number of imidazole rings is 1. The molecule has 4 rings (SSSR count). The zero-order chi connectivity index (χ0) is 23.6. The lowest BCUT2D eigenvalue weighted by Gasteiger charge is -2.18. The summed E-state index contributed by atoms with van der Waals surface area (Å²) < 4.78 is 44.1. The summed E-state index contributed by atoms with van der Waals surface area (Å²) in [5.41, 5.74) is 2.10. The molecular formula is C24H29ClFN3O2S2. The van der Waals surface area contributed by atoms with Crippen molar-refractivity contribution < 1.29 is 12.8 Å². The minimum absolute atomic E-state index is 0.111. The Bertz CT molecular complexity index is 1240. The molecule has 0 radical (unpaired) electrons. The molecule has 0 atom stereocenters. The number of thioether (sulfide) groups is 1. The monoisotopic (exact) mass is 509 g/mol. The van der Waals surface area contributed by atoms with Crippen molar-refractivity contribution in [3.63, 3.8) is 0 Å². The van der Waals surface area contributed by atoms with E-state index < -0.39 is 15.8 Å². The van der Waals surface area contributed by atoms with Gasteiger partial charge in [-0.25, -0.2) is 22.1 Å². The van der Waals surface area contributed by atoms with Gasteiger partial charge in [-0.15, -0.1) is 0 Å². The van der Waals surface area contributed by atoms with Gasteiger partial charge in [0.25, 0.3) is 0 Å². The van der Waals surface area contributed by atoms with Crippen molar-refractivity contribution in [3.8, 4) is 0 Å². The Labute approximate surface area is 204 Å². The topological polar surface area (TPSA) is 55.2 Å². The molecule has 1 aliphatic carbocycles. The van der Waals surface area contributed by atoms with E-state index in [1.807, 2.05) is 13.0 Å². The van der Waals surface area contributed by atoms with E-state index in [-0.39, 0.29) is 9.92 Å². The fourth-order valence-electron chi connectivity index (χ4n) is 4.32. The Morgan fingerprint density at radius 3 is 2.73 bits per heavy atom. The average molecular weight is 510 g/mol. The summed E-state index contributed by atoms with van der Waals surface area (Å²) in [6.07, 6.45) is 6.18. The van der Waals surface area contributed by atoms with Gasteiger partial charge in [0, 0.05) is 25.4 Å². The zero-order valence-corrected chi connectivity index (χ0v) is 21.3. The molecule has 0 unspecified atom stereocenters. The number of halogens is 2. The third kappa shape index (κ3) is 5.09. The van der Waals surface area contributed by atoms with Crippen LogP contribution < -0.4 is 0 Å². The smallest absolute Gasteiger partial charge is 0.242 e. The Morgan fingerprint density at radius 2 is 2.00 bits per heavy atom. The lowest BCUT2D eigenvalue weighted by Crippen LogP contribution is -2.27. The van der Waals surface area contributed by atoms with Crippen molar-refractivity contribution in [2.75, 3.05) is 13.6 Å². The minimum atomic E-state index is -3.58. The molecule has 0 aliphatic heterocycles. The normalized spacial score (nSPS) is 15.2. The Balaban J connectivity index is 1.70. The van der Waals surface area contributed by atoms with E-state index in [4.69, 9.17) is 16.6 Å². The van der Waals surface area contributed by atoms with E-state index in [9.17, 15) is 12.8 Å². The minimum Gasteiger partial charge on any atom is -0.316 e. The van der Waals surface area contributed by atoms with Crippen LogP contribution in [0.4, 0.5) is 4.39 Å². The van der Waals surface area contributed by atoms with Crippen molar-refractivity contribution in [2.45, 2.75) is 67.3 Å². The fraction of sp³-hybridized carbons (Fsp3) is 0.458. The van der Waals surface area contributed by atoms with Crippen LogP contribution in [0.2, 0.25) is 5.02 Å². The molecular weight excluding hydrogens is 481 g/mol. The van der Waals surface area contributed by atoms with E-state index >= 15 is 0 Å². The van der Waals surface area contributed by atoms with Gasteiger partial charge < -0.3 is 4.57 Å². The van der Waals surface area contributed by atoms with Crippen LogP contribution in [0, 0.1) is 5.82 Å². The maximum absolute atomic E-state index is 14.4. The highest BCUT2D eigenvalue weighted by molar-refractivity contribution is 7.98. The molecule has 1 saturated carbocycles. The van der Waals surface area contributed by atoms with Gasteiger partial charge in [0.1, 0.15) is 5.82 Å². The number of sulfonamides is 1. The summed E-state index contributed by atoms with van der Waals surface area (Å²) in [4.78, 5) is 5.06. The van der Waals surface area contributed by atoms with Crippen molar-refractivity contribution in [1.29, 1.82) is 0 Å². The molecule has 178 valence electrons. The van der Waals surface area contributed by atoms with Crippen molar-refractivity contribution in [3.05, 3.63) is 52.8 Å².